The van der Waals surface area contributed by atoms with E-state index in [1.54, 1.807) is 18.2 Å². The monoisotopic (exact) mass is 422 g/mol. The molecule has 26 heavy (non-hydrogen) atoms. The highest BCUT2D eigenvalue weighted by Gasteiger charge is 2.10. The van der Waals surface area contributed by atoms with Crippen LogP contribution < -0.4 is 24.4 Å². The zero-order chi connectivity index (χ0) is 18.9. The Morgan fingerprint density at radius 2 is 1.69 bits per heavy atom. The summed E-state index contributed by atoms with van der Waals surface area (Å²) in [5, 5.41) is 3.92. The zero-order valence-electron chi connectivity index (χ0n) is 14.6. The van der Waals surface area contributed by atoms with E-state index in [2.05, 4.69) is 26.5 Å². The first-order chi connectivity index (χ1) is 12.6. The zero-order valence-corrected chi connectivity index (χ0v) is 16.2. The Morgan fingerprint density at radius 1 is 1.04 bits per heavy atom. The summed E-state index contributed by atoms with van der Waals surface area (Å²) in [6, 6.07) is 10.6. The van der Waals surface area contributed by atoms with Crippen molar-refractivity contribution in [1.29, 1.82) is 0 Å². The molecule has 0 saturated carbocycles. The number of halogens is 1. The number of benzene rings is 2. The molecule has 1 amide bonds. The minimum Gasteiger partial charge on any atom is -0.496 e. The second kappa shape index (κ2) is 9.67. The van der Waals surface area contributed by atoms with Crippen LogP contribution in [0.2, 0.25) is 0 Å². The smallest absolute Gasteiger partial charge is 0.277 e. The number of hydrazone groups is 1. The van der Waals surface area contributed by atoms with Crippen molar-refractivity contribution in [3.63, 3.8) is 0 Å². The fraction of sp³-hybridized carbons (Fsp3) is 0.222. The molecule has 0 unspecified atom stereocenters. The van der Waals surface area contributed by atoms with Gasteiger partial charge in [-0.25, -0.2) is 5.43 Å². The maximum atomic E-state index is 11.9. The van der Waals surface area contributed by atoms with Crippen LogP contribution in [0.1, 0.15) is 5.56 Å². The lowest BCUT2D eigenvalue weighted by atomic mass is 10.2. The molecule has 0 aliphatic heterocycles. The molecule has 0 atom stereocenters. The predicted octanol–water partition coefficient (Wildman–Crippen LogP) is 3.00. The van der Waals surface area contributed by atoms with Crippen molar-refractivity contribution >= 4 is 28.1 Å². The van der Waals surface area contributed by atoms with Crippen molar-refractivity contribution in [3.05, 3.63) is 46.4 Å². The number of rotatable bonds is 8. The van der Waals surface area contributed by atoms with E-state index in [1.165, 1.54) is 27.5 Å². The van der Waals surface area contributed by atoms with Gasteiger partial charge in [-0.05, 0) is 34.1 Å². The Bertz CT molecular complexity index is 795. The molecule has 0 spiro atoms. The molecular weight excluding hydrogens is 404 g/mol. The van der Waals surface area contributed by atoms with Crippen LogP contribution in [0, 0.1) is 0 Å². The molecule has 0 bridgehead atoms. The Kier molecular flexibility index (Phi) is 7.28. The summed E-state index contributed by atoms with van der Waals surface area (Å²) in [5.41, 5.74) is 3.02. The number of nitrogens with one attached hydrogen (secondary N) is 1. The van der Waals surface area contributed by atoms with Gasteiger partial charge in [-0.3, -0.25) is 4.79 Å². The number of para-hydroxylation sites is 1. The lowest BCUT2D eigenvalue weighted by molar-refractivity contribution is -0.123. The van der Waals surface area contributed by atoms with Crippen molar-refractivity contribution in [3.8, 4) is 23.0 Å². The van der Waals surface area contributed by atoms with Gasteiger partial charge in [0, 0.05) is 11.6 Å². The van der Waals surface area contributed by atoms with Crippen molar-refractivity contribution in [2.45, 2.75) is 0 Å². The van der Waals surface area contributed by atoms with Gasteiger partial charge in [-0.1, -0.05) is 12.1 Å². The van der Waals surface area contributed by atoms with Gasteiger partial charge in [0.2, 0.25) is 0 Å². The van der Waals surface area contributed by atoms with Gasteiger partial charge in [-0.15, -0.1) is 0 Å². The van der Waals surface area contributed by atoms with Gasteiger partial charge in [-0.2, -0.15) is 5.10 Å². The standard InChI is InChI=1S/C18H19BrN2O5/c1-23-15-9-17(25-3)16(24-2)8-12(15)10-20-21-18(22)11-26-14-7-5-4-6-13(14)19/h4-10H,11H2,1-3H3,(H,21,22)/b20-10+. The number of amides is 1. The SMILES string of the molecule is COc1cc(OC)c(OC)cc1/C=N/NC(=O)COc1ccccc1Br. The molecule has 138 valence electrons. The summed E-state index contributed by atoms with van der Waals surface area (Å²) in [5.74, 6) is 1.78. The predicted molar refractivity (Wildman–Crippen MR) is 101 cm³/mol. The number of carbonyl (C=O) groups is 1. The van der Waals surface area contributed by atoms with E-state index in [0.29, 0.717) is 28.6 Å². The van der Waals surface area contributed by atoms with E-state index in [-0.39, 0.29) is 6.61 Å². The fourth-order valence-electron chi connectivity index (χ4n) is 2.06. The molecule has 0 fully saturated rings. The average Bonchev–Trinajstić information content (AvgIpc) is 2.66. The maximum Gasteiger partial charge on any atom is 0.277 e. The van der Waals surface area contributed by atoms with Crippen LogP contribution in [0.5, 0.6) is 23.0 Å². The quantitative estimate of drug-likeness (QED) is 0.522. The van der Waals surface area contributed by atoms with Crippen LogP contribution in [-0.2, 0) is 4.79 Å². The number of carbonyl (C=O) groups excluding carboxylic acids is 1. The van der Waals surface area contributed by atoms with Gasteiger partial charge in [0.25, 0.3) is 5.91 Å². The Balaban J connectivity index is 1.99. The Hall–Kier alpha value is -2.74. The third kappa shape index (κ3) is 5.13. The minimum atomic E-state index is -0.392. The van der Waals surface area contributed by atoms with Crippen LogP contribution in [0.25, 0.3) is 0 Å². The minimum absolute atomic E-state index is 0.164. The lowest BCUT2D eigenvalue weighted by Crippen LogP contribution is -2.24. The molecule has 0 saturated heterocycles. The third-order valence-electron chi connectivity index (χ3n) is 3.32. The molecule has 0 heterocycles. The van der Waals surface area contributed by atoms with E-state index in [9.17, 15) is 4.79 Å². The lowest BCUT2D eigenvalue weighted by Gasteiger charge is -2.11. The number of hydrogen-bond donors (Lipinski definition) is 1. The highest BCUT2D eigenvalue weighted by molar-refractivity contribution is 9.10. The molecular formula is C18H19BrN2O5. The van der Waals surface area contributed by atoms with E-state index in [4.69, 9.17) is 18.9 Å². The summed E-state index contributed by atoms with van der Waals surface area (Å²) in [4.78, 5) is 11.9. The van der Waals surface area contributed by atoms with Crippen LogP contribution in [0.4, 0.5) is 0 Å². The van der Waals surface area contributed by atoms with Gasteiger partial charge < -0.3 is 18.9 Å². The number of hydrogen-bond acceptors (Lipinski definition) is 6. The van der Waals surface area contributed by atoms with Gasteiger partial charge in [0.05, 0.1) is 32.0 Å². The molecule has 0 aromatic heterocycles. The van der Waals surface area contributed by atoms with Crippen LogP contribution in [-0.4, -0.2) is 40.1 Å². The number of methoxy groups -OCH3 is 3. The Labute approximate surface area is 160 Å². The van der Waals surface area contributed by atoms with Gasteiger partial charge >= 0.3 is 0 Å². The highest BCUT2D eigenvalue weighted by atomic mass is 79.9. The first kappa shape index (κ1) is 19.6. The Morgan fingerprint density at radius 3 is 2.35 bits per heavy atom. The van der Waals surface area contributed by atoms with Crippen molar-refractivity contribution < 1.29 is 23.7 Å². The summed E-state index contributed by atoms with van der Waals surface area (Å²) >= 11 is 3.35. The molecule has 7 nitrogen and oxygen atoms in total. The molecule has 8 heteroatoms. The summed E-state index contributed by atoms with van der Waals surface area (Å²) < 4.78 is 22.0. The molecule has 0 aliphatic carbocycles. The topological polar surface area (TPSA) is 78.4 Å². The highest BCUT2D eigenvalue weighted by Crippen LogP contribution is 2.33. The summed E-state index contributed by atoms with van der Waals surface area (Å²) in [7, 11) is 4.60. The number of ether oxygens (including phenoxy) is 4. The maximum absolute atomic E-state index is 11.9. The molecule has 1 N–H and O–H groups in total. The van der Waals surface area contributed by atoms with E-state index < -0.39 is 5.91 Å². The van der Waals surface area contributed by atoms with E-state index in [0.717, 1.165) is 4.47 Å². The second-order valence-electron chi connectivity index (χ2n) is 4.96. The number of nitrogens with zero attached hydrogens (tertiary/aromatic N) is 1. The first-order valence-electron chi connectivity index (χ1n) is 7.58. The van der Waals surface area contributed by atoms with Crippen molar-refractivity contribution in [2.24, 2.45) is 5.10 Å². The molecule has 2 rings (SSSR count). The van der Waals surface area contributed by atoms with E-state index in [1.807, 2.05) is 18.2 Å². The van der Waals surface area contributed by atoms with E-state index >= 15 is 0 Å². The van der Waals surface area contributed by atoms with Crippen molar-refractivity contribution in [1.82, 2.24) is 5.43 Å². The first-order valence-corrected chi connectivity index (χ1v) is 8.37. The van der Waals surface area contributed by atoms with Crippen LogP contribution >= 0.6 is 15.9 Å². The molecule has 0 radical (unpaired) electrons. The second-order valence-corrected chi connectivity index (χ2v) is 5.82. The summed E-state index contributed by atoms with van der Waals surface area (Å²) in [6.07, 6.45) is 1.46. The van der Waals surface area contributed by atoms with Gasteiger partial charge in [0.1, 0.15) is 11.5 Å². The fourth-order valence-corrected chi connectivity index (χ4v) is 2.46. The van der Waals surface area contributed by atoms with Gasteiger partial charge in [0.15, 0.2) is 18.1 Å². The summed E-state index contributed by atoms with van der Waals surface area (Å²) in [6.45, 7) is -0.164. The average molecular weight is 423 g/mol. The largest absolute Gasteiger partial charge is 0.496 e. The van der Waals surface area contributed by atoms with Crippen LogP contribution in [0.15, 0.2) is 46.0 Å². The van der Waals surface area contributed by atoms with Crippen molar-refractivity contribution in [2.75, 3.05) is 27.9 Å². The normalized spacial score (nSPS) is 10.5. The van der Waals surface area contributed by atoms with Crippen LogP contribution in [0.3, 0.4) is 0 Å². The molecule has 0 aliphatic rings. The molecule has 2 aromatic rings. The molecule has 2 aromatic carbocycles. The third-order valence-corrected chi connectivity index (χ3v) is 3.98.